The van der Waals surface area contributed by atoms with E-state index in [0.29, 0.717) is 11.5 Å². The molecule has 0 fully saturated rings. The van der Waals surface area contributed by atoms with Gasteiger partial charge in [-0.05, 0) is 66.0 Å². The van der Waals surface area contributed by atoms with Gasteiger partial charge in [-0.1, -0.05) is 19.8 Å². The largest absolute Gasteiger partial charge is 0.443 e. The molecule has 3 heterocycles. The van der Waals surface area contributed by atoms with Crippen LogP contribution in [0.15, 0.2) is 35.4 Å². The van der Waals surface area contributed by atoms with E-state index >= 15 is 0 Å². The van der Waals surface area contributed by atoms with Crippen molar-refractivity contribution < 1.29 is 19.4 Å². The molecule has 3 aromatic rings. The summed E-state index contributed by atoms with van der Waals surface area (Å²) in [5, 5.41) is 19.6. The van der Waals surface area contributed by atoms with Crippen LogP contribution in [0, 0.1) is 0 Å². The molecular formula is C29H43N7O5. The van der Waals surface area contributed by atoms with Gasteiger partial charge in [-0.2, -0.15) is 9.61 Å². The summed E-state index contributed by atoms with van der Waals surface area (Å²) in [7, 11) is 1.54. The topological polar surface area (TPSA) is 143 Å². The first-order valence-corrected chi connectivity index (χ1v) is 14.1. The number of hydrogen-bond donors (Lipinski definition) is 3. The molecule has 41 heavy (non-hydrogen) atoms. The molecule has 2 amide bonds. The third-order valence-corrected chi connectivity index (χ3v) is 6.54. The van der Waals surface area contributed by atoms with Crippen LogP contribution in [0.1, 0.15) is 90.0 Å². The molecular weight excluding hydrogens is 526 g/mol. The molecule has 0 spiro atoms. The lowest BCUT2D eigenvalue weighted by molar-refractivity contribution is 0.0587. The quantitative estimate of drug-likeness (QED) is 0.268. The Morgan fingerprint density at radius 3 is 2.56 bits per heavy atom. The smallest absolute Gasteiger partial charge is 0.415 e. The van der Waals surface area contributed by atoms with Crippen LogP contribution >= 0.6 is 0 Å². The molecule has 12 nitrogen and oxygen atoms in total. The molecule has 0 aliphatic heterocycles. The third-order valence-electron chi connectivity index (χ3n) is 6.54. The average Bonchev–Trinajstić information content (AvgIpc) is 3.33. The zero-order chi connectivity index (χ0) is 30.3. The molecule has 0 saturated carbocycles. The number of carbonyl (C=O) groups excluding carboxylic acids is 2. The molecule has 0 aromatic carbocycles. The fraction of sp³-hybridized carbons (Fsp3) is 0.552. The summed E-state index contributed by atoms with van der Waals surface area (Å²) in [6.07, 6.45) is 6.54. The monoisotopic (exact) mass is 569 g/mol. The van der Waals surface area contributed by atoms with Crippen molar-refractivity contribution in [3.8, 4) is 0 Å². The summed E-state index contributed by atoms with van der Waals surface area (Å²) in [6.45, 7) is 11.3. The number of unbranched alkanes of at least 4 members (excludes halogenated alkanes) is 2. The predicted octanol–water partition coefficient (Wildman–Crippen LogP) is 4.65. The van der Waals surface area contributed by atoms with Gasteiger partial charge in [-0.15, -0.1) is 0 Å². The van der Waals surface area contributed by atoms with E-state index < -0.39 is 11.7 Å². The Morgan fingerprint density at radius 1 is 1.20 bits per heavy atom. The van der Waals surface area contributed by atoms with Gasteiger partial charge in [0.2, 0.25) is 0 Å². The molecule has 0 radical (unpaired) electrons. The summed E-state index contributed by atoms with van der Waals surface area (Å²) in [5.41, 5.74) is -0.221. The molecule has 0 bridgehead atoms. The SMILES string of the molecule is CCC(CCCCCO)NC(=O)c1cnn2c(N(C)C(=O)OC(C)(C)C)cc(Nc3cccn(C(C)C)c3=O)nc12. The highest BCUT2D eigenvalue weighted by atomic mass is 16.6. The Kier molecular flexibility index (Phi) is 10.5. The van der Waals surface area contributed by atoms with Crippen LogP contribution in [0.25, 0.3) is 5.65 Å². The van der Waals surface area contributed by atoms with Gasteiger partial charge in [-0.3, -0.25) is 14.5 Å². The standard InChI is InChI=1S/C29H43N7O5/c1-8-20(13-10-9-11-16-37)31-26(38)21-18-30-36-24(34(7)28(40)41-29(4,5)6)17-23(33-25(21)36)32-22-14-12-15-35(19(2)3)27(22)39/h12,14-15,17-20,37H,8-11,13,16H2,1-7H3,(H,31,38)(H,32,33). The molecule has 3 N–H and O–H groups in total. The highest BCUT2D eigenvalue weighted by molar-refractivity contribution is 6.00. The lowest BCUT2D eigenvalue weighted by Gasteiger charge is -2.25. The minimum atomic E-state index is -0.730. The first-order valence-electron chi connectivity index (χ1n) is 14.1. The van der Waals surface area contributed by atoms with Gasteiger partial charge in [0.05, 0.1) is 6.20 Å². The van der Waals surface area contributed by atoms with Crippen LogP contribution in [0.5, 0.6) is 0 Å². The maximum absolute atomic E-state index is 13.4. The van der Waals surface area contributed by atoms with Crippen molar-refractivity contribution in [2.45, 2.75) is 91.3 Å². The van der Waals surface area contributed by atoms with Crippen molar-refractivity contribution in [3.63, 3.8) is 0 Å². The molecule has 1 atom stereocenters. The van der Waals surface area contributed by atoms with E-state index in [-0.39, 0.29) is 47.2 Å². The molecule has 0 aliphatic rings. The van der Waals surface area contributed by atoms with Crippen LogP contribution in [-0.4, -0.2) is 61.6 Å². The van der Waals surface area contributed by atoms with E-state index in [2.05, 4.69) is 20.7 Å². The Morgan fingerprint density at radius 2 is 1.93 bits per heavy atom. The highest BCUT2D eigenvalue weighted by Gasteiger charge is 2.26. The van der Waals surface area contributed by atoms with Crippen molar-refractivity contribution in [3.05, 3.63) is 46.5 Å². The number of rotatable bonds is 12. The number of aromatic nitrogens is 4. The Labute approximate surface area is 240 Å². The van der Waals surface area contributed by atoms with Crippen molar-refractivity contribution >= 4 is 35.0 Å². The van der Waals surface area contributed by atoms with Crippen LogP contribution in [-0.2, 0) is 4.74 Å². The van der Waals surface area contributed by atoms with Crippen molar-refractivity contribution in [2.24, 2.45) is 0 Å². The molecule has 3 rings (SSSR count). The van der Waals surface area contributed by atoms with E-state index in [1.54, 1.807) is 56.8 Å². The van der Waals surface area contributed by atoms with Gasteiger partial charge < -0.3 is 25.0 Å². The van der Waals surface area contributed by atoms with Gasteiger partial charge in [0.25, 0.3) is 11.5 Å². The second-order valence-corrected chi connectivity index (χ2v) is 11.3. The number of pyridine rings is 1. The lowest BCUT2D eigenvalue weighted by Crippen LogP contribution is -2.35. The highest BCUT2D eigenvalue weighted by Crippen LogP contribution is 2.25. The minimum absolute atomic E-state index is 0.0474. The van der Waals surface area contributed by atoms with Crippen molar-refractivity contribution in [1.82, 2.24) is 24.5 Å². The molecule has 3 aromatic heterocycles. The Balaban J connectivity index is 2.04. The number of aliphatic hydroxyl groups is 1. The first-order chi connectivity index (χ1) is 19.4. The van der Waals surface area contributed by atoms with Gasteiger partial charge >= 0.3 is 6.09 Å². The number of ether oxygens (including phenoxy) is 1. The summed E-state index contributed by atoms with van der Waals surface area (Å²) < 4.78 is 8.56. The normalized spacial score (nSPS) is 12.4. The number of nitrogens with one attached hydrogen (secondary N) is 2. The maximum atomic E-state index is 13.4. The Hall–Kier alpha value is -3.93. The lowest BCUT2D eigenvalue weighted by atomic mass is 10.1. The minimum Gasteiger partial charge on any atom is -0.443 e. The zero-order valence-electron chi connectivity index (χ0n) is 25.1. The number of amides is 2. The van der Waals surface area contributed by atoms with Crippen LogP contribution in [0.3, 0.4) is 0 Å². The summed E-state index contributed by atoms with van der Waals surface area (Å²) in [6, 6.07) is 4.89. The molecule has 0 aliphatic carbocycles. The van der Waals surface area contributed by atoms with Crippen molar-refractivity contribution in [2.75, 3.05) is 23.9 Å². The zero-order valence-corrected chi connectivity index (χ0v) is 25.1. The van der Waals surface area contributed by atoms with E-state index in [4.69, 9.17) is 9.84 Å². The summed E-state index contributed by atoms with van der Waals surface area (Å²) in [4.78, 5) is 45.4. The van der Waals surface area contributed by atoms with E-state index in [0.717, 1.165) is 32.1 Å². The molecule has 0 saturated heterocycles. The Bertz CT molecular complexity index is 1410. The summed E-state index contributed by atoms with van der Waals surface area (Å²) >= 11 is 0. The van der Waals surface area contributed by atoms with Crippen molar-refractivity contribution in [1.29, 1.82) is 0 Å². The van der Waals surface area contributed by atoms with Crippen LogP contribution in [0.2, 0.25) is 0 Å². The predicted molar refractivity (Wildman–Crippen MR) is 159 cm³/mol. The number of aliphatic hydroxyl groups excluding tert-OH is 1. The molecule has 224 valence electrons. The maximum Gasteiger partial charge on any atom is 0.415 e. The fourth-order valence-corrected chi connectivity index (χ4v) is 4.30. The van der Waals surface area contributed by atoms with Crippen LogP contribution in [0.4, 0.5) is 22.1 Å². The number of anilines is 3. The van der Waals surface area contributed by atoms with Gasteiger partial charge in [-0.25, -0.2) is 9.78 Å². The van der Waals surface area contributed by atoms with E-state index in [9.17, 15) is 14.4 Å². The van der Waals surface area contributed by atoms with E-state index in [1.807, 2.05) is 20.8 Å². The van der Waals surface area contributed by atoms with Gasteiger partial charge in [0.1, 0.15) is 28.5 Å². The number of hydrogen-bond acceptors (Lipinski definition) is 8. The second kappa shape index (κ2) is 13.6. The van der Waals surface area contributed by atoms with Crippen LogP contribution < -0.4 is 21.1 Å². The van der Waals surface area contributed by atoms with E-state index in [1.165, 1.54) is 15.6 Å². The molecule has 12 heteroatoms. The summed E-state index contributed by atoms with van der Waals surface area (Å²) in [5.74, 6) is 0.209. The first kappa shape index (κ1) is 31.6. The number of carbonyl (C=O) groups is 2. The number of fused-ring (bicyclic) bond motifs is 1. The number of nitrogens with zero attached hydrogens (tertiary/aromatic N) is 5. The van der Waals surface area contributed by atoms with Gasteiger partial charge in [0.15, 0.2) is 5.65 Å². The third kappa shape index (κ3) is 8.06. The average molecular weight is 570 g/mol. The molecule has 1 unspecified atom stereocenters. The van der Waals surface area contributed by atoms with Gasteiger partial charge in [0, 0.05) is 38.0 Å². The fourth-order valence-electron chi connectivity index (χ4n) is 4.30. The second-order valence-electron chi connectivity index (χ2n) is 11.3.